The fraction of sp³-hybridized carbons (Fsp3) is 0.188. The standard InChI is InChI=1S/C16H14ClN3O2/c1-2-22-16(21)14-13-4-3-9-18-15(13)20(19-14)10-11-5-7-12(17)8-6-11/h3-9H,2,10H2,1H3. The summed E-state index contributed by atoms with van der Waals surface area (Å²) >= 11 is 5.89. The van der Waals surface area contributed by atoms with Crippen molar-refractivity contribution in [2.75, 3.05) is 6.61 Å². The molecule has 0 aliphatic heterocycles. The van der Waals surface area contributed by atoms with E-state index >= 15 is 0 Å². The highest BCUT2D eigenvalue weighted by atomic mass is 35.5. The average Bonchev–Trinajstić information content (AvgIpc) is 2.89. The van der Waals surface area contributed by atoms with E-state index in [-0.39, 0.29) is 0 Å². The minimum atomic E-state index is -0.435. The van der Waals surface area contributed by atoms with Crippen molar-refractivity contribution in [1.29, 1.82) is 0 Å². The van der Waals surface area contributed by atoms with Crippen LogP contribution in [0, 0.1) is 0 Å². The summed E-state index contributed by atoms with van der Waals surface area (Å²) in [5.41, 5.74) is 1.97. The van der Waals surface area contributed by atoms with Gasteiger partial charge < -0.3 is 4.74 Å². The largest absolute Gasteiger partial charge is 0.461 e. The summed E-state index contributed by atoms with van der Waals surface area (Å²) in [6.45, 7) is 2.58. The fourth-order valence-electron chi connectivity index (χ4n) is 2.23. The lowest BCUT2D eigenvalue weighted by atomic mass is 10.2. The van der Waals surface area contributed by atoms with Crippen LogP contribution in [-0.2, 0) is 11.3 Å². The molecule has 0 fully saturated rings. The molecule has 0 unspecified atom stereocenters. The van der Waals surface area contributed by atoms with Crippen molar-refractivity contribution in [1.82, 2.24) is 14.8 Å². The van der Waals surface area contributed by atoms with Gasteiger partial charge in [-0.2, -0.15) is 5.10 Å². The Labute approximate surface area is 132 Å². The number of benzene rings is 1. The zero-order valence-electron chi connectivity index (χ0n) is 12.0. The summed E-state index contributed by atoms with van der Waals surface area (Å²) in [5.74, 6) is -0.435. The molecule has 0 amide bonds. The molecular weight excluding hydrogens is 302 g/mol. The van der Waals surface area contributed by atoms with E-state index in [0.717, 1.165) is 5.56 Å². The molecule has 6 heteroatoms. The van der Waals surface area contributed by atoms with Gasteiger partial charge in [0, 0.05) is 11.2 Å². The molecule has 5 nitrogen and oxygen atoms in total. The molecule has 3 rings (SSSR count). The lowest BCUT2D eigenvalue weighted by Gasteiger charge is -2.03. The molecule has 0 aliphatic carbocycles. The quantitative estimate of drug-likeness (QED) is 0.693. The lowest BCUT2D eigenvalue weighted by molar-refractivity contribution is 0.0520. The third-order valence-corrected chi connectivity index (χ3v) is 3.47. The van der Waals surface area contributed by atoms with Crippen LogP contribution < -0.4 is 0 Å². The number of ether oxygens (including phenoxy) is 1. The van der Waals surface area contributed by atoms with Gasteiger partial charge in [0.2, 0.25) is 0 Å². The Morgan fingerprint density at radius 2 is 2.05 bits per heavy atom. The van der Waals surface area contributed by atoms with Crippen molar-refractivity contribution in [3.63, 3.8) is 0 Å². The van der Waals surface area contributed by atoms with Crippen molar-refractivity contribution in [2.24, 2.45) is 0 Å². The topological polar surface area (TPSA) is 57.0 Å². The van der Waals surface area contributed by atoms with E-state index in [2.05, 4.69) is 10.1 Å². The lowest BCUT2D eigenvalue weighted by Crippen LogP contribution is -2.08. The average molecular weight is 316 g/mol. The van der Waals surface area contributed by atoms with Crippen LogP contribution in [0.3, 0.4) is 0 Å². The minimum absolute atomic E-state index is 0.291. The van der Waals surface area contributed by atoms with Crippen LogP contribution in [0.25, 0.3) is 11.0 Å². The van der Waals surface area contributed by atoms with Crippen molar-refractivity contribution in [2.45, 2.75) is 13.5 Å². The predicted octanol–water partition coefficient (Wildman–Crippen LogP) is 3.31. The SMILES string of the molecule is CCOC(=O)c1nn(Cc2ccc(Cl)cc2)c2ncccc12. The highest BCUT2D eigenvalue weighted by Gasteiger charge is 2.18. The first kappa shape index (κ1) is 14.5. The summed E-state index contributed by atoms with van der Waals surface area (Å²) in [6, 6.07) is 11.1. The maximum atomic E-state index is 12.0. The zero-order valence-corrected chi connectivity index (χ0v) is 12.7. The number of carbonyl (C=O) groups excluding carboxylic acids is 1. The molecular formula is C16H14ClN3O2. The van der Waals surface area contributed by atoms with Crippen LogP contribution in [0.1, 0.15) is 23.0 Å². The van der Waals surface area contributed by atoms with Crippen molar-refractivity contribution in [3.8, 4) is 0 Å². The Hall–Kier alpha value is -2.40. The molecule has 0 atom stereocenters. The molecule has 2 heterocycles. The van der Waals surface area contributed by atoms with Crippen LogP contribution in [0.15, 0.2) is 42.6 Å². The third kappa shape index (κ3) is 2.80. The highest BCUT2D eigenvalue weighted by Crippen LogP contribution is 2.19. The molecule has 0 N–H and O–H groups in total. The van der Waals surface area contributed by atoms with Crippen LogP contribution in [-0.4, -0.2) is 27.3 Å². The molecule has 0 saturated heterocycles. The van der Waals surface area contributed by atoms with E-state index in [9.17, 15) is 4.79 Å². The summed E-state index contributed by atoms with van der Waals surface area (Å²) < 4.78 is 6.75. The van der Waals surface area contributed by atoms with E-state index in [1.807, 2.05) is 30.3 Å². The van der Waals surface area contributed by atoms with Crippen molar-refractivity contribution in [3.05, 3.63) is 58.9 Å². The minimum Gasteiger partial charge on any atom is -0.461 e. The summed E-state index contributed by atoms with van der Waals surface area (Å²) in [6.07, 6.45) is 1.68. The number of aromatic nitrogens is 3. The smallest absolute Gasteiger partial charge is 0.359 e. The van der Waals surface area contributed by atoms with E-state index in [4.69, 9.17) is 16.3 Å². The molecule has 1 aromatic carbocycles. The molecule has 2 aromatic heterocycles. The summed E-state index contributed by atoms with van der Waals surface area (Å²) in [5, 5.41) is 5.74. The van der Waals surface area contributed by atoms with Gasteiger partial charge in [-0.3, -0.25) is 0 Å². The highest BCUT2D eigenvalue weighted by molar-refractivity contribution is 6.30. The second-order valence-electron chi connectivity index (χ2n) is 4.73. The monoisotopic (exact) mass is 315 g/mol. The van der Waals surface area contributed by atoms with Gasteiger partial charge in [-0.05, 0) is 36.8 Å². The number of nitrogens with zero attached hydrogens (tertiary/aromatic N) is 3. The second-order valence-corrected chi connectivity index (χ2v) is 5.16. The summed E-state index contributed by atoms with van der Waals surface area (Å²) in [7, 11) is 0. The van der Waals surface area contributed by atoms with Gasteiger partial charge in [0.25, 0.3) is 0 Å². The van der Waals surface area contributed by atoms with E-state index < -0.39 is 5.97 Å². The van der Waals surface area contributed by atoms with Crippen molar-refractivity contribution >= 4 is 28.6 Å². The zero-order chi connectivity index (χ0) is 15.5. The van der Waals surface area contributed by atoms with E-state index in [1.54, 1.807) is 23.9 Å². The first-order chi connectivity index (χ1) is 10.7. The van der Waals surface area contributed by atoms with Gasteiger partial charge in [0.15, 0.2) is 11.3 Å². The van der Waals surface area contributed by atoms with Gasteiger partial charge in [-0.25, -0.2) is 14.5 Å². The number of pyridine rings is 1. The van der Waals surface area contributed by atoms with E-state index in [1.165, 1.54) is 0 Å². The third-order valence-electron chi connectivity index (χ3n) is 3.22. The fourth-order valence-corrected chi connectivity index (χ4v) is 2.36. The Balaban J connectivity index is 2.02. The van der Waals surface area contributed by atoms with Crippen LogP contribution in [0.5, 0.6) is 0 Å². The van der Waals surface area contributed by atoms with Crippen molar-refractivity contribution < 1.29 is 9.53 Å². The van der Waals surface area contributed by atoms with Gasteiger partial charge >= 0.3 is 5.97 Å². The number of hydrogen-bond donors (Lipinski definition) is 0. The van der Waals surface area contributed by atoms with Gasteiger partial charge in [-0.1, -0.05) is 23.7 Å². The molecule has 0 bridgehead atoms. The molecule has 0 saturated carbocycles. The summed E-state index contributed by atoms with van der Waals surface area (Å²) in [4.78, 5) is 16.4. The number of rotatable bonds is 4. The second kappa shape index (κ2) is 6.15. The normalized spacial score (nSPS) is 10.8. The van der Waals surface area contributed by atoms with Gasteiger partial charge in [0.1, 0.15) is 0 Å². The van der Waals surface area contributed by atoms with Gasteiger partial charge in [-0.15, -0.1) is 0 Å². The number of hydrogen-bond acceptors (Lipinski definition) is 4. The van der Waals surface area contributed by atoms with Crippen LogP contribution >= 0.6 is 11.6 Å². The molecule has 22 heavy (non-hydrogen) atoms. The Morgan fingerprint density at radius 3 is 2.77 bits per heavy atom. The number of carbonyl (C=O) groups is 1. The Kier molecular flexibility index (Phi) is 4.06. The number of esters is 1. The maximum absolute atomic E-state index is 12.0. The Bertz CT molecular complexity index is 812. The first-order valence-electron chi connectivity index (χ1n) is 6.92. The molecule has 3 aromatic rings. The Morgan fingerprint density at radius 1 is 1.27 bits per heavy atom. The molecule has 0 spiro atoms. The molecule has 0 aliphatic rings. The molecule has 0 radical (unpaired) electrons. The first-order valence-corrected chi connectivity index (χ1v) is 7.30. The molecule has 112 valence electrons. The number of fused-ring (bicyclic) bond motifs is 1. The van der Waals surface area contributed by atoms with Crippen LogP contribution in [0.4, 0.5) is 0 Å². The van der Waals surface area contributed by atoms with Gasteiger partial charge in [0.05, 0.1) is 18.5 Å². The maximum Gasteiger partial charge on any atom is 0.359 e. The predicted molar refractivity (Wildman–Crippen MR) is 84.0 cm³/mol. The van der Waals surface area contributed by atoms with Crippen LogP contribution in [0.2, 0.25) is 5.02 Å². The number of halogens is 1. The van der Waals surface area contributed by atoms with E-state index in [0.29, 0.717) is 34.9 Å².